The van der Waals surface area contributed by atoms with Crippen LogP contribution in [0.15, 0.2) is 23.2 Å². The van der Waals surface area contributed by atoms with Crippen molar-refractivity contribution in [2.24, 2.45) is 0 Å². The Morgan fingerprint density at radius 2 is 2.38 bits per heavy atom. The van der Waals surface area contributed by atoms with Gasteiger partial charge < -0.3 is 5.32 Å². The zero-order valence-electron chi connectivity index (χ0n) is 9.62. The lowest BCUT2D eigenvalue weighted by Crippen LogP contribution is -2.47. The molecule has 2 heterocycles. The molecule has 0 radical (unpaired) electrons. The second kappa shape index (κ2) is 4.42. The average Bonchev–Trinajstić information content (AvgIpc) is 2.82. The van der Waals surface area contributed by atoms with E-state index in [-0.39, 0.29) is 5.54 Å². The number of hydrogen-bond acceptors (Lipinski definition) is 4. The maximum atomic E-state index is 10.8. The summed E-state index contributed by atoms with van der Waals surface area (Å²) >= 11 is 1.76. The quantitative estimate of drug-likeness (QED) is 0.792. The highest BCUT2D eigenvalue weighted by Crippen LogP contribution is 2.39. The van der Waals surface area contributed by atoms with Crippen LogP contribution in [0.4, 0.5) is 0 Å². The summed E-state index contributed by atoms with van der Waals surface area (Å²) in [5, 5.41) is 5.20. The van der Waals surface area contributed by atoms with E-state index < -0.39 is 0 Å². The van der Waals surface area contributed by atoms with Gasteiger partial charge in [-0.25, -0.2) is 4.79 Å². The van der Waals surface area contributed by atoms with Gasteiger partial charge in [-0.05, 0) is 32.0 Å². The fourth-order valence-corrected chi connectivity index (χ4v) is 3.33. The molecule has 0 aromatic carbocycles. The molecule has 1 aromatic heterocycles. The van der Waals surface area contributed by atoms with Crippen molar-refractivity contribution < 1.29 is 4.79 Å². The van der Waals surface area contributed by atoms with Crippen LogP contribution in [0.3, 0.4) is 0 Å². The molecule has 16 heavy (non-hydrogen) atoms. The van der Waals surface area contributed by atoms with Gasteiger partial charge in [0.15, 0.2) is 0 Å². The summed E-state index contributed by atoms with van der Waals surface area (Å²) in [7, 11) is 4.15. The molecule has 1 aliphatic heterocycles. The highest BCUT2D eigenvalue weighted by Gasteiger charge is 2.39. The molecule has 0 aliphatic carbocycles. The van der Waals surface area contributed by atoms with Crippen molar-refractivity contribution in [2.75, 3.05) is 20.6 Å². The first-order valence-corrected chi connectivity index (χ1v) is 6.26. The highest BCUT2D eigenvalue weighted by atomic mass is 32.1. The Hall–Kier alpha value is -1.09. The summed E-state index contributed by atoms with van der Waals surface area (Å²) in [6.45, 7) is 0.834. The molecule has 3 nitrogen and oxygen atoms in total. The molecule has 1 saturated heterocycles. The summed E-state index contributed by atoms with van der Waals surface area (Å²) in [6, 6.07) is 4.22. The van der Waals surface area contributed by atoms with Gasteiger partial charge in [-0.15, -0.1) is 11.3 Å². The van der Waals surface area contributed by atoms with Crippen molar-refractivity contribution in [1.29, 1.82) is 0 Å². The van der Waals surface area contributed by atoms with Crippen LogP contribution in [0.5, 0.6) is 0 Å². The number of rotatable bonds is 2. The molecular weight excluding hydrogens is 220 g/mol. The van der Waals surface area contributed by atoms with Gasteiger partial charge in [-0.2, -0.15) is 0 Å². The van der Waals surface area contributed by atoms with E-state index in [9.17, 15) is 4.79 Å². The molecule has 1 unspecified atom stereocenters. The van der Waals surface area contributed by atoms with Crippen LogP contribution in [0.1, 0.15) is 17.7 Å². The van der Waals surface area contributed by atoms with Gasteiger partial charge in [0.25, 0.3) is 0 Å². The van der Waals surface area contributed by atoms with Gasteiger partial charge in [0, 0.05) is 17.8 Å². The van der Waals surface area contributed by atoms with Gasteiger partial charge in [-0.3, -0.25) is 4.90 Å². The Balaban J connectivity index is 2.40. The lowest BCUT2D eigenvalue weighted by atomic mass is 9.84. The summed E-state index contributed by atoms with van der Waals surface area (Å²) in [5.74, 6) is 2.01. The van der Waals surface area contributed by atoms with Crippen molar-refractivity contribution in [3.8, 4) is 0 Å². The van der Waals surface area contributed by atoms with Gasteiger partial charge in [0.1, 0.15) is 5.94 Å². The maximum Gasteiger partial charge on any atom is 0.145 e. The molecule has 0 saturated carbocycles. The van der Waals surface area contributed by atoms with E-state index in [0.717, 1.165) is 19.4 Å². The summed E-state index contributed by atoms with van der Waals surface area (Å²) in [5.41, 5.74) is 0.653. The van der Waals surface area contributed by atoms with E-state index in [1.165, 1.54) is 4.88 Å². The lowest BCUT2D eigenvalue weighted by Gasteiger charge is -2.42. The topological polar surface area (TPSA) is 32.3 Å². The molecule has 0 amide bonds. The van der Waals surface area contributed by atoms with Crippen LogP contribution in [-0.4, -0.2) is 31.5 Å². The fraction of sp³-hybridized carbons (Fsp3) is 0.500. The molecule has 1 atom stereocenters. The van der Waals surface area contributed by atoms with Crippen molar-refractivity contribution >= 4 is 17.3 Å². The smallest absolute Gasteiger partial charge is 0.145 e. The second-order valence-corrected chi connectivity index (χ2v) is 5.29. The van der Waals surface area contributed by atoms with Gasteiger partial charge in [-0.1, -0.05) is 6.07 Å². The largest absolute Gasteiger partial charge is 0.379 e. The van der Waals surface area contributed by atoms with Crippen molar-refractivity contribution in [2.45, 2.75) is 18.4 Å². The minimum atomic E-state index is -0.0356. The van der Waals surface area contributed by atoms with E-state index in [0.29, 0.717) is 5.70 Å². The van der Waals surface area contributed by atoms with E-state index in [1.54, 1.807) is 11.3 Å². The van der Waals surface area contributed by atoms with Crippen LogP contribution in [0.2, 0.25) is 0 Å². The van der Waals surface area contributed by atoms with Crippen LogP contribution in [0.25, 0.3) is 0 Å². The zero-order valence-corrected chi connectivity index (χ0v) is 10.4. The average molecular weight is 236 g/mol. The van der Waals surface area contributed by atoms with Crippen molar-refractivity contribution in [3.63, 3.8) is 0 Å². The maximum absolute atomic E-state index is 10.8. The second-order valence-electron chi connectivity index (χ2n) is 4.34. The molecule has 1 aromatic rings. The Kier molecular flexibility index (Phi) is 3.15. The molecule has 1 N–H and O–H groups in total. The van der Waals surface area contributed by atoms with Gasteiger partial charge in [0.2, 0.25) is 0 Å². The molecule has 2 rings (SSSR count). The number of piperidine rings is 1. The van der Waals surface area contributed by atoms with Crippen LogP contribution < -0.4 is 5.32 Å². The fourth-order valence-electron chi connectivity index (χ4n) is 2.29. The molecule has 1 aliphatic rings. The van der Waals surface area contributed by atoms with E-state index in [1.807, 2.05) is 5.94 Å². The monoisotopic (exact) mass is 236 g/mol. The summed E-state index contributed by atoms with van der Waals surface area (Å²) in [4.78, 5) is 14.3. The normalized spacial score (nSPS) is 25.3. The first kappa shape index (κ1) is 11.4. The highest BCUT2D eigenvalue weighted by molar-refractivity contribution is 7.10. The molecule has 86 valence electrons. The van der Waals surface area contributed by atoms with Crippen molar-refractivity contribution in [1.82, 2.24) is 10.2 Å². The van der Waals surface area contributed by atoms with E-state index in [4.69, 9.17) is 0 Å². The third-order valence-corrected chi connectivity index (χ3v) is 4.37. The van der Waals surface area contributed by atoms with Crippen molar-refractivity contribution in [3.05, 3.63) is 28.1 Å². The molecule has 0 spiro atoms. The van der Waals surface area contributed by atoms with Crippen LogP contribution in [-0.2, 0) is 10.3 Å². The molecule has 1 fully saturated rings. The molecule has 0 bridgehead atoms. The predicted molar refractivity (Wildman–Crippen MR) is 66.1 cm³/mol. The minimum Gasteiger partial charge on any atom is -0.379 e. The predicted octanol–water partition coefficient (Wildman–Crippen LogP) is 1.60. The number of nitrogens with one attached hydrogen (secondary N) is 1. The Bertz CT molecular complexity index is 407. The number of carbonyl (C=O) groups excluding carboxylic acids is 1. The summed E-state index contributed by atoms with van der Waals surface area (Å²) < 4.78 is 0. The third kappa shape index (κ3) is 1.80. The zero-order chi connectivity index (χ0) is 11.6. The minimum absolute atomic E-state index is 0.0356. The number of thiophene rings is 1. The Morgan fingerprint density at radius 3 is 2.94 bits per heavy atom. The third-order valence-electron chi connectivity index (χ3n) is 3.31. The Labute approximate surface area is 99.8 Å². The number of nitrogens with zero attached hydrogens (tertiary/aromatic N) is 1. The van der Waals surface area contributed by atoms with E-state index in [2.05, 4.69) is 41.8 Å². The lowest BCUT2D eigenvalue weighted by molar-refractivity contribution is 0.126. The first-order chi connectivity index (χ1) is 7.69. The SMILES string of the molecule is CN(C)C1(c2cccs2)CCNC(=C=O)C1. The first-order valence-electron chi connectivity index (χ1n) is 5.38. The van der Waals surface area contributed by atoms with Crippen LogP contribution >= 0.6 is 11.3 Å². The summed E-state index contributed by atoms with van der Waals surface area (Å²) in [6.07, 6.45) is 1.75. The Morgan fingerprint density at radius 1 is 1.56 bits per heavy atom. The van der Waals surface area contributed by atoms with Gasteiger partial charge in [0.05, 0.1) is 11.2 Å². The molecule has 4 heteroatoms. The number of hydrogen-bond donors (Lipinski definition) is 1. The van der Waals surface area contributed by atoms with E-state index >= 15 is 0 Å². The molecular formula is C12H16N2OS. The van der Waals surface area contributed by atoms with Gasteiger partial charge >= 0.3 is 0 Å². The van der Waals surface area contributed by atoms with Crippen LogP contribution in [0, 0.1) is 0 Å². The standard InChI is InChI=1S/C12H16N2OS/c1-14(2)12(11-4-3-7-16-11)5-6-13-10(8-12)9-15/h3-4,7,13H,5-6,8H2,1-2H3.